The van der Waals surface area contributed by atoms with Gasteiger partial charge in [0, 0.05) is 18.3 Å². The van der Waals surface area contributed by atoms with E-state index in [0.717, 1.165) is 30.2 Å². The number of carbonyl (C=O) groups excluding carboxylic acids is 2. The number of thioether (sulfide) groups is 1. The van der Waals surface area contributed by atoms with Crippen LogP contribution in [0.15, 0.2) is 101 Å². The van der Waals surface area contributed by atoms with E-state index in [1.807, 2.05) is 66.7 Å². The molecule has 0 spiro atoms. The number of carbonyl (C=O) groups is 2. The highest BCUT2D eigenvalue weighted by molar-refractivity contribution is 7.99. The predicted molar refractivity (Wildman–Crippen MR) is 147 cm³/mol. The lowest BCUT2D eigenvalue weighted by molar-refractivity contribution is 0.0949. The summed E-state index contributed by atoms with van der Waals surface area (Å²) in [5.41, 5.74) is 2.50. The van der Waals surface area contributed by atoms with E-state index in [2.05, 4.69) is 10.3 Å². The maximum atomic E-state index is 13.4. The predicted octanol–water partition coefficient (Wildman–Crippen LogP) is 4.50. The zero-order valence-corrected chi connectivity index (χ0v) is 21.5. The van der Waals surface area contributed by atoms with Crippen LogP contribution in [0.2, 0.25) is 0 Å². The molecule has 38 heavy (non-hydrogen) atoms. The highest BCUT2D eigenvalue weighted by Crippen LogP contribution is 2.18. The molecule has 4 aromatic rings. The third-order valence-corrected chi connectivity index (χ3v) is 6.87. The molecular weight excluding hydrogens is 496 g/mol. The molecule has 190 valence electrons. The average Bonchev–Trinajstić information content (AvgIpc) is 2.96. The van der Waals surface area contributed by atoms with Gasteiger partial charge in [0.05, 0.1) is 23.9 Å². The normalized spacial score (nSPS) is 10.5. The molecule has 1 heterocycles. The van der Waals surface area contributed by atoms with Crippen molar-refractivity contribution in [1.29, 1.82) is 5.26 Å². The Balaban J connectivity index is 1.48. The molecule has 0 atom stereocenters. The number of hydrogen-bond donors (Lipinski definition) is 1. The van der Waals surface area contributed by atoms with Gasteiger partial charge in [-0.3, -0.25) is 19.0 Å². The van der Waals surface area contributed by atoms with Crippen molar-refractivity contribution in [3.63, 3.8) is 0 Å². The van der Waals surface area contributed by atoms with E-state index in [9.17, 15) is 14.4 Å². The Bertz CT molecular complexity index is 1500. The highest BCUT2D eigenvalue weighted by Gasteiger charge is 2.18. The first-order chi connectivity index (χ1) is 18.5. The van der Waals surface area contributed by atoms with Gasteiger partial charge in [0.1, 0.15) is 5.56 Å². The molecule has 7 nitrogen and oxygen atoms in total. The van der Waals surface area contributed by atoms with Gasteiger partial charge in [-0.05, 0) is 36.1 Å². The van der Waals surface area contributed by atoms with Crippen molar-refractivity contribution < 1.29 is 9.59 Å². The smallest absolute Gasteiger partial charge is 0.267 e. The molecular formula is C30H26N4O3S. The van der Waals surface area contributed by atoms with Crippen LogP contribution in [0, 0.1) is 11.3 Å². The van der Waals surface area contributed by atoms with E-state index < -0.39 is 11.5 Å². The van der Waals surface area contributed by atoms with E-state index in [1.165, 1.54) is 16.3 Å². The highest BCUT2D eigenvalue weighted by atomic mass is 32.2. The van der Waals surface area contributed by atoms with Crippen LogP contribution in [0.1, 0.15) is 43.8 Å². The van der Waals surface area contributed by atoms with Crippen molar-refractivity contribution in [3.05, 3.63) is 129 Å². The molecule has 8 heteroatoms. The van der Waals surface area contributed by atoms with Crippen LogP contribution in [0.3, 0.4) is 0 Å². The van der Waals surface area contributed by atoms with Gasteiger partial charge >= 0.3 is 0 Å². The second kappa shape index (κ2) is 13.2. The van der Waals surface area contributed by atoms with Crippen LogP contribution in [-0.2, 0) is 13.0 Å². The molecule has 0 aliphatic rings. The molecule has 0 radical (unpaired) electrons. The number of benzene rings is 3. The molecule has 0 fully saturated rings. The Hall–Kier alpha value is -4.48. The van der Waals surface area contributed by atoms with E-state index in [4.69, 9.17) is 5.26 Å². The van der Waals surface area contributed by atoms with Crippen molar-refractivity contribution >= 4 is 23.5 Å². The molecule has 0 aliphatic heterocycles. The molecule has 3 aromatic carbocycles. The first-order valence-corrected chi connectivity index (χ1v) is 13.2. The minimum absolute atomic E-state index is 0.0385. The fourth-order valence-electron chi connectivity index (χ4n) is 3.83. The van der Waals surface area contributed by atoms with Crippen LogP contribution < -0.4 is 10.9 Å². The first-order valence-electron chi connectivity index (χ1n) is 12.2. The summed E-state index contributed by atoms with van der Waals surface area (Å²) in [6.45, 7) is 0.649. The molecule has 0 saturated heterocycles. The van der Waals surface area contributed by atoms with Crippen LogP contribution in [0.25, 0.3) is 0 Å². The zero-order chi connectivity index (χ0) is 26.7. The number of rotatable bonds is 11. The Labute approximate surface area is 225 Å². The minimum Gasteiger partial charge on any atom is -0.352 e. The van der Waals surface area contributed by atoms with E-state index in [0.29, 0.717) is 22.8 Å². The van der Waals surface area contributed by atoms with Crippen LogP contribution in [0.5, 0.6) is 0 Å². The first kappa shape index (κ1) is 26.6. The van der Waals surface area contributed by atoms with E-state index >= 15 is 0 Å². The van der Waals surface area contributed by atoms with Gasteiger partial charge in [-0.15, -0.1) is 0 Å². The number of nitrogens with one attached hydrogen (secondary N) is 1. The number of nitrogens with zero attached hydrogens (tertiary/aromatic N) is 3. The lowest BCUT2D eigenvalue weighted by atomic mass is 10.1. The Kier molecular flexibility index (Phi) is 9.22. The van der Waals surface area contributed by atoms with Crippen molar-refractivity contribution in [3.8, 4) is 6.07 Å². The lowest BCUT2D eigenvalue weighted by Crippen LogP contribution is -2.35. The van der Waals surface area contributed by atoms with Gasteiger partial charge in [-0.25, -0.2) is 4.98 Å². The van der Waals surface area contributed by atoms with E-state index in [1.54, 1.807) is 24.3 Å². The molecule has 0 aliphatic carbocycles. The van der Waals surface area contributed by atoms with Gasteiger partial charge in [0.15, 0.2) is 10.9 Å². The van der Waals surface area contributed by atoms with Crippen molar-refractivity contribution in [2.75, 3.05) is 12.3 Å². The Morgan fingerprint density at radius 1 is 0.921 bits per heavy atom. The minimum atomic E-state index is -0.470. The summed E-state index contributed by atoms with van der Waals surface area (Å²) in [5, 5.41) is 12.1. The standard InChI is InChI=1S/C30H26N4O3S/c31-18-23-13-15-25(16-14-23)27(35)21-38-30-33-19-26(29(37)34(30)20-24-10-5-2-6-11-24)28(36)32-17-7-12-22-8-3-1-4-9-22/h1-6,8-11,13-16,19H,7,12,17,20-21H2,(H,32,36). The van der Waals surface area contributed by atoms with Gasteiger partial charge in [-0.1, -0.05) is 84.6 Å². The Morgan fingerprint density at radius 3 is 2.24 bits per heavy atom. The molecule has 1 amide bonds. The van der Waals surface area contributed by atoms with Crippen molar-refractivity contribution in [2.24, 2.45) is 0 Å². The summed E-state index contributed by atoms with van der Waals surface area (Å²) in [7, 11) is 0. The summed E-state index contributed by atoms with van der Waals surface area (Å²) in [6, 6.07) is 27.8. The second-order valence-corrected chi connectivity index (χ2v) is 9.52. The van der Waals surface area contributed by atoms with Crippen molar-refractivity contribution in [2.45, 2.75) is 24.5 Å². The fourth-order valence-corrected chi connectivity index (χ4v) is 4.69. The molecule has 0 bridgehead atoms. The monoisotopic (exact) mass is 522 g/mol. The number of aromatic nitrogens is 2. The molecule has 4 rings (SSSR count). The number of nitriles is 1. The number of ketones is 1. The van der Waals surface area contributed by atoms with Crippen molar-refractivity contribution in [1.82, 2.24) is 14.9 Å². The molecule has 0 saturated carbocycles. The van der Waals surface area contributed by atoms with E-state index in [-0.39, 0.29) is 23.6 Å². The molecule has 1 aromatic heterocycles. The number of hydrogen-bond acceptors (Lipinski definition) is 6. The fraction of sp³-hybridized carbons (Fsp3) is 0.167. The quantitative estimate of drug-likeness (QED) is 0.135. The number of amides is 1. The van der Waals surface area contributed by atoms with Crippen LogP contribution in [-0.4, -0.2) is 33.5 Å². The zero-order valence-electron chi connectivity index (χ0n) is 20.7. The van der Waals surface area contributed by atoms with Gasteiger partial charge in [-0.2, -0.15) is 5.26 Å². The van der Waals surface area contributed by atoms with Crippen LogP contribution in [0.4, 0.5) is 0 Å². The summed E-state index contributed by atoms with van der Waals surface area (Å²) in [6.07, 6.45) is 2.85. The topological polar surface area (TPSA) is 105 Å². The number of Topliss-reactive ketones (excluding diaryl/α,β-unsaturated/α-hetero) is 1. The number of aryl methyl sites for hydroxylation is 1. The summed E-state index contributed by atoms with van der Waals surface area (Å²) in [5.74, 6) is -0.569. The second-order valence-electron chi connectivity index (χ2n) is 8.58. The molecule has 1 N–H and O–H groups in total. The third-order valence-electron chi connectivity index (χ3n) is 5.88. The summed E-state index contributed by atoms with van der Waals surface area (Å²) >= 11 is 1.14. The SMILES string of the molecule is N#Cc1ccc(C(=O)CSc2ncc(C(=O)NCCCc3ccccc3)c(=O)n2Cc2ccccc2)cc1. The Morgan fingerprint density at radius 2 is 1.58 bits per heavy atom. The maximum Gasteiger partial charge on any atom is 0.267 e. The van der Waals surface area contributed by atoms with Crippen LogP contribution >= 0.6 is 11.8 Å². The van der Waals surface area contributed by atoms with Gasteiger partial charge < -0.3 is 5.32 Å². The van der Waals surface area contributed by atoms with Gasteiger partial charge in [0.25, 0.3) is 11.5 Å². The summed E-state index contributed by atoms with van der Waals surface area (Å²) < 4.78 is 1.44. The average molecular weight is 523 g/mol. The maximum absolute atomic E-state index is 13.4. The lowest BCUT2D eigenvalue weighted by Gasteiger charge is -2.13. The molecule has 0 unspecified atom stereocenters. The third kappa shape index (κ3) is 7.05. The largest absolute Gasteiger partial charge is 0.352 e. The van der Waals surface area contributed by atoms with Gasteiger partial charge in [0.2, 0.25) is 0 Å². The summed E-state index contributed by atoms with van der Waals surface area (Å²) in [4.78, 5) is 43.4.